The fourth-order valence-electron chi connectivity index (χ4n) is 1.31. The molecule has 1 aromatic heterocycles. The number of hydrogen-bond acceptors (Lipinski definition) is 2. The number of aryl methyl sites for hydroxylation is 1. The number of halogens is 4. The van der Waals surface area contributed by atoms with Crippen LogP contribution in [-0.4, -0.2) is 35.4 Å². The average molecular weight is 314 g/mol. The van der Waals surface area contributed by atoms with E-state index in [0.717, 1.165) is 0 Å². The molecule has 0 atom stereocenters. The van der Waals surface area contributed by atoms with Gasteiger partial charge in [-0.3, -0.25) is 4.79 Å². The van der Waals surface area contributed by atoms with Crippen LogP contribution in [0.5, 0.6) is 0 Å². The number of rotatable bonds is 4. The predicted molar refractivity (Wildman–Crippen MR) is 59.2 cm³/mol. The first-order valence-corrected chi connectivity index (χ1v) is 5.93. The zero-order valence-electron chi connectivity index (χ0n) is 9.05. The fourth-order valence-corrected chi connectivity index (χ4v) is 1.73. The summed E-state index contributed by atoms with van der Waals surface area (Å²) < 4.78 is 41.8. The Balaban J connectivity index is 2.84. The lowest BCUT2D eigenvalue weighted by Gasteiger charge is -2.22. The first kappa shape index (κ1) is 14.1. The minimum atomic E-state index is -4.42. The molecular weight excluding hydrogens is 303 g/mol. The Kier molecular flexibility index (Phi) is 4.62. The Bertz CT molecular complexity index is 389. The summed E-state index contributed by atoms with van der Waals surface area (Å²) in [4.78, 5) is 12.5. The molecule has 1 heterocycles. The van der Waals surface area contributed by atoms with Gasteiger partial charge in [-0.05, 0) is 13.0 Å². The van der Waals surface area contributed by atoms with E-state index < -0.39 is 18.6 Å². The molecule has 0 radical (unpaired) electrons. The van der Waals surface area contributed by atoms with Crippen molar-refractivity contribution < 1.29 is 22.4 Å². The van der Waals surface area contributed by atoms with E-state index >= 15 is 0 Å². The maximum Gasteiger partial charge on any atom is 0.406 e. The lowest BCUT2D eigenvalue weighted by molar-refractivity contribution is -0.140. The van der Waals surface area contributed by atoms with E-state index in [4.69, 9.17) is 4.42 Å². The molecule has 0 unspecified atom stereocenters. The van der Waals surface area contributed by atoms with Crippen molar-refractivity contribution in [3.05, 3.63) is 23.7 Å². The van der Waals surface area contributed by atoms with E-state index in [1.807, 2.05) is 0 Å². The molecule has 17 heavy (non-hydrogen) atoms. The normalized spacial score (nSPS) is 11.6. The zero-order valence-corrected chi connectivity index (χ0v) is 10.6. The highest BCUT2D eigenvalue weighted by Gasteiger charge is 2.34. The molecule has 0 fully saturated rings. The van der Waals surface area contributed by atoms with Gasteiger partial charge in [0.1, 0.15) is 6.54 Å². The number of furan rings is 1. The van der Waals surface area contributed by atoms with E-state index in [1.165, 1.54) is 12.3 Å². The average Bonchev–Trinajstić information content (AvgIpc) is 2.61. The largest absolute Gasteiger partial charge is 0.459 e. The molecule has 0 aromatic carbocycles. The second-order valence-corrected chi connectivity index (χ2v) is 4.26. The lowest BCUT2D eigenvalue weighted by atomic mass is 10.2. The first-order valence-electron chi connectivity index (χ1n) is 4.81. The molecule has 3 nitrogen and oxygen atoms in total. The summed E-state index contributed by atoms with van der Waals surface area (Å²) in [5.74, 6) is -0.792. The molecule has 0 saturated heterocycles. The Hall–Kier alpha value is -0.980. The first-order chi connectivity index (χ1) is 7.85. The van der Waals surface area contributed by atoms with Crippen LogP contribution >= 0.6 is 15.9 Å². The smallest absolute Gasteiger partial charge is 0.406 e. The minimum Gasteiger partial charge on any atom is -0.459 e. The molecule has 96 valence electrons. The molecule has 0 aliphatic rings. The molecule has 0 spiro atoms. The second kappa shape index (κ2) is 5.57. The van der Waals surface area contributed by atoms with Gasteiger partial charge >= 0.3 is 6.18 Å². The maximum atomic E-state index is 12.3. The highest BCUT2D eigenvalue weighted by atomic mass is 79.9. The van der Waals surface area contributed by atoms with Gasteiger partial charge in [0.15, 0.2) is 5.76 Å². The number of hydrogen-bond donors (Lipinski definition) is 0. The van der Waals surface area contributed by atoms with Gasteiger partial charge in [0.05, 0.1) is 6.26 Å². The van der Waals surface area contributed by atoms with Gasteiger partial charge in [-0.2, -0.15) is 13.2 Å². The monoisotopic (exact) mass is 313 g/mol. The van der Waals surface area contributed by atoms with Crippen LogP contribution in [0.4, 0.5) is 13.2 Å². The SMILES string of the molecule is Cc1ccoc1C(=O)N(CCBr)CC(F)(F)F. The van der Waals surface area contributed by atoms with Gasteiger partial charge in [0.2, 0.25) is 0 Å². The number of amides is 1. The third-order valence-electron chi connectivity index (χ3n) is 2.07. The van der Waals surface area contributed by atoms with Crippen molar-refractivity contribution in [2.24, 2.45) is 0 Å². The second-order valence-electron chi connectivity index (χ2n) is 3.46. The van der Waals surface area contributed by atoms with Crippen LogP contribution in [0.1, 0.15) is 16.1 Å². The van der Waals surface area contributed by atoms with Crippen molar-refractivity contribution in [3.8, 4) is 0 Å². The van der Waals surface area contributed by atoms with Crippen molar-refractivity contribution in [2.45, 2.75) is 13.1 Å². The van der Waals surface area contributed by atoms with Crippen LogP contribution in [0.3, 0.4) is 0 Å². The van der Waals surface area contributed by atoms with Crippen LogP contribution in [0, 0.1) is 6.92 Å². The standard InChI is InChI=1S/C10H11BrF3NO2/c1-7-2-5-17-8(7)9(16)15(4-3-11)6-10(12,13)14/h2,5H,3-4,6H2,1H3. The van der Waals surface area contributed by atoms with E-state index in [2.05, 4.69) is 15.9 Å². The van der Waals surface area contributed by atoms with Gasteiger partial charge in [-0.25, -0.2) is 0 Å². The van der Waals surface area contributed by atoms with Crippen molar-refractivity contribution in [2.75, 3.05) is 18.4 Å². The van der Waals surface area contributed by atoms with Crippen LogP contribution in [0.2, 0.25) is 0 Å². The van der Waals surface area contributed by atoms with Gasteiger partial charge in [-0.1, -0.05) is 15.9 Å². The summed E-state index contributed by atoms with van der Waals surface area (Å²) in [6.07, 6.45) is -3.14. The molecule has 0 aliphatic heterocycles. The Morgan fingerprint density at radius 1 is 1.53 bits per heavy atom. The van der Waals surface area contributed by atoms with E-state index in [1.54, 1.807) is 6.92 Å². The molecule has 0 bridgehead atoms. The zero-order chi connectivity index (χ0) is 13.1. The summed E-state index contributed by atoms with van der Waals surface area (Å²) in [5, 5.41) is 0.272. The molecule has 1 rings (SSSR count). The van der Waals surface area contributed by atoms with Gasteiger partial charge < -0.3 is 9.32 Å². The van der Waals surface area contributed by atoms with Crippen molar-refractivity contribution in [3.63, 3.8) is 0 Å². The lowest BCUT2D eigenvalue weighted by Crippen LogP contribution is -2.40. The third kappa shape index (κ3) is 4.07. The van der Waals surface area contributed by atoms with Crippen LogP contribution in [0.25, 0.3) is 0 Å². The Morgan fingerprint density at radius 2 is 2.18 bits per heavy atom. The Labute approximate surface area is 105 Å². The summed E-state index contributed by atoms with van der Waals surface area (Å²) in [5.41, 5.74) is 0.525. The summed E-state index contributed by atoms with van der Waals surface area (Å²) in [6.45, 7) is 0.298. The molecule has 0 N–H and O–H groups in total. The number of carbonyl (C=O) groups excluding carboxylic acids is 1. The minimum absolute atomic E-state index is 0.0293. The molecule has 1 aromatic rings. The summed E-state index contributed by atoms with van der Waals surface area (Å²) >= 11 is 3.02. The van der Waals surface area contributed by atoms with Crippen molar-refractivity contribution in [1.82, 2.24) is 4.90 Å². The molecular formula is C10H11BrF3NO2. The number of nitrogens with zero attached hydrogens (tertiary/aromatic N) is 1. The van der Waals surface area contributed by atoms with E-state index in [-0.39, 0.29) is 17.6 Å². The van der Waals surface area contributed by atoms with Crippen molar-refractivity contribution in [1.29, 1.82) is 0 Å². The van der Waals surface area contributed by atoms with Gasteiger partial charge in [0.25, 0.3) is 5.91 Å². The van der Waals surface area contributed by atoms with E-state index in [0.29, 0.717) is 10.5 Å². The van der Waals surface area contributed by atoms with Crippen LogP contribution in [0.15, 0.2) is 16.7 Å². The van der Waals surface area contributed by atoms with Crippen LogP contribution in [-0.2, 0) is 0 Å². The molecule has 0 aliphatic carbocycles. The number of alkyl halides is 4. The summed E-state index contributed by atoms with van der Waals surface area (Å²) in [7, 11) is 0. The maximum absolute atomic E-state index is 12.3. The predicted octanol–water partition coefficient (Wildman–Crippen LogP) is 2.99. The highest BCUT2D eigenvalue weighted by Crippen LogP contribution is 2.19. The Morgan fingerprint density at radius 3 is 2.59 bits per heavy atom. The topological polar surface area (TPSA) is 33.5 Å². The van der Waals surface area contributed by atoms with Gasteiger partial charge in [0, 0.05) is 17.4 Å². The van der Waals surface area contributed by atoms with E-state index in [9.17, 15) is 18.0 Å². The van der Waals surface area contributed by atoms with Gasteiger partial charge in [-0.15, -0.1) is 0 Å². The third-order valence-corrected chi connectivity index (χ3v) is 2.42. The highest BCUT2D eigenvalue weighted by molar-refractivity contribution is 9.09. The molecule has 0 saturated carbocycles. The molecule has 7 heteroatoms. The number of carbonyl (C=O) groups is 1. The quantitative estimate of drug-likeness (QED) is 0.801. The molecule has 1 amide bonds. The fraction of sp³-hybridized carbons (Fsp3) is 0.500. The summed E-state index contributed by atoms with van der Waals surface area (Å²) in [6, 6.07) is 1.53. The van der Waals surface area contributed by atoms with Crippen molar-refractivity contribution >= 4 is 21.8 Å². The van der Waals surface area contributed by atoms with Crippen LogP contribution < -0.4 is 0 Å².